The van der Waals surface area contributed by atoms with Gasteiger partial charge in [0.2, 0.25) is 0 Å². The first kappa shape index (κ1) is 14.0. The zero-order valence-electron chi connectivity index (χ0n) is 11.6. The van der Waals surface area contributed by atoms with Crippen LogP contribution in [0.4, 0.5) is 5.69 Å². The van der Waals surface area contributed by atoms with Crippen LogP contribution >= 0.6 is 22.6 Å². The molecule has 0 spiro atoms. The van der Waals surface area contributed by atoms with Crippen LogP contribution in [0.25, 0.3) is 5.65 Å². The van der Waals surface area contributed by atoms with Gasteiger partial charge in [-0.3, -0.25) is 4.79 Å². The van der Waals surface area contributed by atoms with E-state index in [1.165, 1.54) is 0 Å². The lowest BCUT2D eigenvalue weighted by molar-refractivity contribution is 0.102. The van der Waals surface area contributed by atoms with E-state index in [1.54, 1.807) is 10.7 Å². The summed E-state index contributed by atoms with van der Waals surface area (Å²) < 4.78 is 2.80. The zero-order chi connectivity index (χ0) is 15.0. The molecule has 6 heteroatoms. The molecule has 106 valence electrons. The summed E-state index contributed by atoms with van der Waals surface area (Å²) in [6.07, 6.45) is 1.55. The first-order chi connectivity index (χ1) is 10.0. The summed E-state index contributed by atoms with van der Waals surface area (Å²) >= 11 is 2.22. The number of aromatic nitrogens is 3. The number of benzene rings is 1. The Bertz CT molecular complexity index is 824. The van der Waals surface area contributed by atoms with E-state index in [1.807, 2.05) is 44.2 Å². The SMILES string of the molecule is Cc1cc(C)n2ncc(C(=O)Nc3ccc(I)cc3)c2n1. The summed E-state index contributed by atoms with van der Waals surface area (Å²) in [6.45, 7) is 3.84. The number of rotatable bonds is 2. The summed E-state index contributed by atoms with van der Waals surface area (Å²) in [5, 5.41) is 7.10. The summed E-state index contributed by atoms with van der Waals surface area (Å²) in [4.78, 5) is 16.8. The maximum Gasteiger partial charge on any atom is 0.261 e. The Labute approximate surface area is 135 Å². The first-order valence-corrected chi connectivity index (χ1v) is 7.51. The monoisotopic (exact) mass is 392 g/mol. The first-order valence-electron chi connectivity index (χ1n) is 6.43. The Morgan fingerprint density at radius 2 is 1.95 bits per heavy atom. The zero-order valence-corrected chi connectivity index (χ0v) is 13.7. The molecule has 0 saturated carbocycles. The van der Waals surface area contributed by atoms with E-state index in [0.717, 1.165) is 20.6 Å². The number of carbonyl (C=O) groups is 1. The van der Waals surface area contributed by atoms with Crippen LogP contribution in [0.3, 0.4) is 0 Å². The average Bonchev–Trinajstić information content (AvgIpc) is 2.85. The highest BCUT2D eigenvalue weighted by Crippen LogP contribution is 2.16. The standard InChI is InChI=1S/C15H13IN4O/c1-9-7-10(2)20-14(18-9)13(8-17-20)15(21)19-12-5-3-11(16)4-6-12/h3-8H,1-2H3,(H,19,21). The van der Waals surface area contributed by atoms with Crippen molar-refractivity contribution in [3.63, 3.8) is 0 Å². The number of aryl methyl sites for hydroxylation is 2. The van der Waals surface area contributed by atoms with Crippen molar-refractivity contribution in [1.29, 1.82) is 0 Å². The summed E-state index contributed by atoms with van der Waals surface area (Å²) in [7, 11) is 0. The van der Waals surface area contributed by atoms with Crippen LogP contribution in [0.15, 0.2) is 36.5 Å². The Morgan fingerprint density at radius 1 is 1.24 bits per heavy atom. The van der Waals surface area contributed by atoms with E-state index in [-0.39, 0.29) is 5.91 Å². The van der Waals surface area contributed by atoms with Crippen LogP contribution < -0.4 is 5.32 Å². The van der Waals surface area contributed by atoms with Gasteiger partial charge in [0.15, 0.2) is 5.65 Å². The van der Waals surface area contributed by atoms with E-state index in [2.05, 4.69) is 38.0 Å². The lowest BCUT2D eigenvalue weighted by Crippen LogP contribution is -2.12. The fourth-order valence-electron chi connectivity index (χ4n) is 2.16. The van der Waals surface area contributed by atoms with Crippen LogP contribution in [0.5, 0.6) is 0 Å². The molecule has 2 heterocycles. The number of hydrogen-bond acceptors (Lipinski definition) is 3. The molecule has 0 fully saturated rings. The molecule has 0 saturated heterocycles. The maximum absolute atomic E-state index is 12.4. The van der Waals surface area contributed by atoms with Crippen molar-refractivity contribution < 1.29 is 4.79 Å². The second kappa shape index (κ2) is 5.44. The molecule has 0 aliphatic heterocycles. The molecule has 1 amide bonds. The summed E-state index contributed by atoms with van der Waals surface area (Å²) in [5.74, 6) is -0.205. The number of nitrogens with zero attached hydrogens (tertiary/aromatic N) is 3. The van der Waals surface area contributed by atoms with E-state index < -0.39 is 0 Å². The molecule has 3 rings (SSSR count). The highest BCUT2D eigenvalue weighted by atomic mass is 127. The minimum atomic E-state index is -0.205. The Hall–Kier alpha value is -1.96. The Balaban J connectivity index is 1.96. The molecule has 5 nitrogen and oxygen atoms in total. The van der Waals surface area contributed by atoms with Crippen LogP contribution in [-0.4, -0.2) is 20.5 Å². The molecule has 21 heavy (non-hydrogen) atoms. The number of amides is 1. The molecule has 2 aromatic heterocycles. The highest BCUT2D eigenvalue weighted by Gasteiger charge is 2.15. The predicted molar refractivity (Wildman–Crippen MR) is 89.6 cm³/mol. The van der Waals surface area contributed by atoms with Crippen molar-refractivity contribution in [2.45, 2.75) is 13.8 Å². The third-order valence-electron chi connectivity index (χ3n) is 3.12. The van der Waals surface area contributed by atoms with Gasteiger partial charge in [-0.1, -0.05) is 0 Å². The van der Waals surface area contributed by atoms with Gasteiger partial charge in [-0.2, -0.15) is 5.10 Å². The highest BCUT2D eigenvalue weighted by molar-refractivity contribution is 14.1. The molecule has 3 aromatic rings. The lowest BCUT2D eigenvalue weighted by Gasteiger charge is -2.05. The topological polar surface area (TPSA) is 59.3 Å². The molecule has 0 radical (unpaired) electrons. The lowest BCUT2D eigenvalue weighted by atomic mass is 10.2. The molecule has 1 N–H and O–H groups in total. The number of fused-ring (bicyclic) bond motifs is 1. The van der Waals surface area contributed by atoms with E-state index in [0.29, 0.717) is 11.2 Å². The largest absolute Gasteiger partial charge is 0.322 e. The van der Waals surface area contributed by atoms with Gasteiger partial charge in [-0.25, -0.2) is 9.50 Å². The molecule has 0 atom stereocenters. The maximum atomic E-state index is 12.4. The number of anilines is 1. The average molecular weight is 392 g/mol. The molecular weight excluding hydrogens is 379 g/mol. The van der Waals surface area contributed by atoms with Gasteiger partial charge in [-0.15, -0.1) is 0 Å². The van der Waals surface area contributed by atoms with Crippen molar-refractivity contribution in [3.05, 3.63) is 57.1 Å². The minimum Gasteiger partial charge on any atom is -0.322 e. The van der Waals surface area contributed by atoms with Crippen LogP contribution in [0.2, 0.25) is 0 Å². The van der Waals surface area contributed by atoms with Gasteiger partial charge in [0.05, 0.1) is 6.20 Å². The van der Waals surface area contributed by atoms with Crippen LogP contribution in [0.1, 0.15) is 21.7 Å². The fraction of sp³-hybridized carbons (Fsp3) is 0.133. The quantitative estimate of drug-likeness (QED) is 0.682. The van der Waals surface area contributed by atoms with E-state index in [9.17, 15) is 4.79 Å². The van der Waals surface area contributed by atoms with Gasteiger partial charge < -0.3 is 5.32 Å². The number of nitrogens with one attached hydrogen (secondary N) is 1. The van der Waals surface area contributed by atoms with Crippen molar-refractivity contribution >= 4 is 39.8 Å². The van der Waals surface area contributed by atoms with E-state index >= 15 is 0 Å². The van der Waals surface area contributed by atoms with Gasteiger partial charge in [-0.05, 0) is 66.8 Å². The van der Waals surface area contributed by atoms with Gasteiger partial charge >= 0.3 is 0 Å². The van der Waals surface area contributed by atoms with Gasteiger partial charge in [0.25, 0.3) is 5.91 Å². The Morgan fingerprint density at radius 3 is 2.67 bits per heavy atom. The molecule has 0 bridgehead atoms. The normalized spacial score (nSPS) is 10.8. The fourth-order valence-corrected chi connectivity index (χ4v) is 2.52. The molecule has 1 aromatic carbocycles. The number of hydrogen-bond donors (Lipinski definition) is 1. The van der Waals surface area contributed by atoms with Crippen LogP contribution in [-0.2, 0) is 0 Å². The Kier molecular flexibility index (Phi) is 3.62. The van der Waals surface area contributed by atoms with Gasteiger partial charge in [0, 0.05) is 20.6 Å². The van der Waals surface area contributed by atoms with Crippen molar-refractivity contribution in [1.82, 2.24) is 14.6 Å². The predicted octanol–water partition coefficient (Wildman–Crippen LogP) is 3.20. The third-order valence-corrected chi connectivity index (χ3v) is 3.84. The minimum absolute atomic E-state index is 0.205. The number of carbonyl (C=O) groups excluding carboxylic acids is 1. The molecular formula is C15H13IN4O. The summed E-state index contributed by atoms with van der Waals surface area (Å²) in [6, 6.07) is 9.56. The van der Waals surface area contributed by atoms with Crippen molar-refractivity contribution in [2.75, 3.05) is 5.32 Å². The smallest absolute Gasteiger partial charge is 0.261 e. The molecule has 0 aliphatic carbocycles. The number of halogens is 1. The van der Waals surface area contributed by atoms with Crippen molar-refractivity contribution in [2.24, 2.45) is 0 Å². The van der Waals surface area contributed by atoms with Crippen molar-refractivity contribution in [3.8, 4) is 0 Å². The molecule has 0 aliphatic rings. The molecule has 0 unspecified atom stereocenters. The van der Waals surface area contributed by atoms with Gasteiger partial charge in [0.1, 0.15) is 5.56 Å². The second-order valence-electron chi connectivity index (χ2n) is 4.79. The summed E-state index contributed by atoms with van der Waals surface area (Å²) in [5.41, 5.74) is 3.62. The second-order valence-corrected chi connectivity index (χ2v) is 6.04. The third kappa shape index (κ3) is 2.76. The van der Waals surface area contributed by atoms with Crippen LogP contribution in [0, 0.1) is 17.4 Å². The van der Waals surface area contributed by atoms with E-state index in [4.69, 9.17) is 0 Å².